The summed E-state index contributed by atoms with van der Waals surface area (Å²) in [6.07, 6.45) is 6.04. The van der Waals surface area contributed by atoms with Gasteiger partial charge in [-0.15, -0.1) is 0 Å². The minimum absolute atomic E-state index is 0.0337. The van der Waals surface area contributed by atoms with E-state index in [1.54, 1.807) is 5.37 Å². The Bertz CT molecular complexity index is 1000. The number of allylic oxidation sites excluding steroid dienone is 1. The number of nitrogens with zero attached hydrogens (tertiary/aromatic N) is 3. The fourth-order valence-electron chi connectivity index (χ4n) is 3.72. The van der Waals surface area contributed by atoms with Gasteiger partial charge in [0.2, 0.25) is 0 Å². The highest BCUT2D eigenvalue weighted by molar-refractivity contribution is 7.79. The zero-order valence-electron chi connectivity index (χ0n) is 14.8. The third-order valence-electron chi connectivity index (χ3n) is 5.15. The normalized spacial score (nSPS) is 19.3. The maximum Gasteiger partial charge on any atom is 0.151 e. The monoisotopic (exact) mass is 376 g/mol. The van der Waals surface area contributed by atoms with Crippen LogP contribution in [0.25, 0.3) is 11.4 Å². The molecule has 1 aromatic carbocycles. The first-order valence-corrected chi connectivity index (χ1v) is 9.68. The summed E-state index contributed by atoms with van der Waals surface area (Å²) < 4.78 is 8.21. The van der Waals surface area contributed by atoms with Crippen molar-refractivity contribution in [1.29, 1.82) is 0 Å². The molecule has 0 amide bonds. The van der Waals surface area contributed by atoms with Crippen molar-refractivity contribution >= 4 is 34.7 Å². The van der Waals surface area contributed by atoms with E-state index >= 15 is 0 Å². The molecular weight excluding hydrogens is 356 g/mol. The molecule has 0 bridgehead atoms. The summed E-state index contributed by atoms with van der Waals surface area (Å²) in [6.45, 7) is 4.07. The quantitative estimate of drug-likeness (QED) is 0.711. The number of piperazine rings is 1. The van der Waals surface area contributed by atoms with Crippen molar-refractivity contribution < 1.29 is 4.74 Å². The number of nitrogens with one attached hydrogen (secondary N) is 1. The van der Waals surface area contributed by atoms with E-state index in [0.29, 0.717) is 0 Å². The van der Waals surface area contributed by atoms with Crippen molar-refractivity contribution in [2.45, 2.75) is 5.92 Å². The molecule has 0 saturated carbocycles. The molecule has 0 radical (unpaired) electrons. The number of ether oxygens (including phenoxy) is 1. The Morgan fingerprint density at radius 3 is 2.89 bits per heavy atom. The highest BCUT2D eigenvalue weighted by atomic mass is 32.1. The minimum atomic E-state index is 0.0337. The first-order chi connectivity index (χ1) is 13.3. The molecule has 0 aliphatic carbocycles. The van der Waals surface area contributed by atoms with E-state index in [2.05, 4.69) is 39.5 Å². The lowest BCUT2D eigenvalue weighted by Crippen LogP contribution is -2.43. The topological polar surface area (TPSA) is 41.8 Å². The first kappa shape index (κ1) is 16.5. The molecule has 1 atom stereocenters. The van der Waals surface area contributed by atoms with Crippen LogP contribution in [0.1, 0.15) is 17.2 Å². The molecule has 1 fully saturated rings. The van der Waals surface area contributed by atoms with Gasteiger partial charge < -0.3 is 19.4 Å². The van der Waals surface area contributed by atoms with Gasteiger partial charge >= 0.3 is 0 Å². The Morgan fingerprint density at radius 1 is 1.19 bits per heavy atom. The molecule has 0 spiro atoms. The van der Waals surface area contributed by atoms with E-state index in [9.17, 15) is 0 Å². The molecule has 3 aromatic rings. The van der Waals surface area contributed by atoms with Crippen molar-refractivity contribution in [3.8, 4) is 5.75 Å². The van der Waals surface area contributed by atoms with Crippen molar-refractivity contribution in [3.05, 3.63) is 66.1 Å². The predicted octanol–water partition coefficient (Wildman–Crippen LogP) is 3.26. The van der Waals surface area contributed by atoms with Crippen LogP contribution in [0.4, 0.5) is 5.69 Å². The van der Waals surface area contributed by atoms with Crippen LogP contribution in [0.3, 0.4) is 0 Å². The molecule has 1 saturated heterocycles. The lowest BCUT2D eigenvalue weighted by atomic mass is 9.95. The minimum Gasteiger partial charge on any atom is -0.455 e. The van der Waals surface area contributed by atoms with E-state index in [-0.39, 0.29) is 5.92 Å². The van der Waals surface area contributed by atoms with E-state index in [0.717, 1.165) is 54.6 Å². The molecule has 5 nitrogen and oxygen atoms in total. The molecule has 5 rings (SSSR count). The number of thiocarbonyl (C=S) groups is 1. The molecule has 1 N–H and O–H groups in total. The third-order valence-corrected chi connectivity index (χ3v) is 5.44. The number of benzene rings is 1. The van der Waals surface area contributed by atoms with Crippen LogP contribution in [0.2, 0.25) is 0 Å². The van der Waals surface area contributed by atoms with Gasteiger partial charge in [-0.05, 0) is 41.8 Å². The van der Waals surface area contributed by atoms with Gasteiger partial charge in [-0.2, -0.15) is 0 Å². The molecule has 136 valence electrons. The number of pyridine rings is 1. The van der Waals surface area contributed by atoms with Gasteiger partial charge in [-0.25, -0.2) is 4.98 Å². The van der Waals surface area contributed by atoms with Gasteiger partial charge in [-0.3, -0.25) is 0 Å². The summed E-state index contributed by atoms with van der Waals surface area (Å²) >= 11 is 5.34. The molecular formula is C21H20N4OS. The molecule has 6 heteroatoms. The standard InChI is InChI=1S/C21H20N4OS/c27-14-15-11-20(18-13-25-8-2-1-3-21(25)23-18)26-19-5-4-16(12-17(15)19)24-9-6-22-7-10-24/h1-5,8,11-15,22H,6-7,9-10H2. The first-order valence-electron chi connectivity index (χ1n) is 9.20. The summed E-state index contributed by atoms with van der Waals surface area (Å²) in [5.74, 6) is 1.65. The van der Waals surface area contributed by atoms with Crippen molar-refractivity contribution in [2.75, 3.05) is 31.1 Å². The Balaban J connectivity index is 1.50. The third kappa shape index (κ3) is 3.01. The second-order valence-corrected chi connectivity index (χ2v) is 7.12. The maximum atomic E-state index is 6.21. The van der Waals surface area contributed by atoms with Crippen molar-refractivity contribution in [3.63, 3.8) is 0 Å². The fourth-order valence-corrected chi connectivity index (χ4v) is 3.94. The Morgan fingerprint density at radius 2 is 2.07 bits per heavy atom. The van der Waals surface area contributed by atoms with Gasteiger partial charge in [0.05, 0.1) is 0 Å². The molecule has 2 aliphatic heterocycles. The van der Waals surface area contributed by atoms with Gasteiger partial charge in [0.15, 0.2) is 5.76 Å². The Hall–Kier alpha value is -2.70. The van der Waals surface area contributed by atoms with Crippen LogP contribution < -0.4 is 15.0 Å². The summed E-state index contributed by atoms with van der Waals surface area (Å²) in [5.41, 5.74) is 4.06. The van der Waals surface area contributed by atoms with Crippen LogP contribution in [-0.2, 0) is 0 Å². The summed E-state index contributed by atoms with van der Waals surface area (Å²) in [4.78, 5) is 7.08. The largest absolute Gasteiger partial charge is 0.455 e. The SMILES string of the molecule is S=CC1C=C(c2cn3ccccc3n2)Oc2ccc(N3CCNCC3)cc21. The average Bonchev–Trinajstić information content (AvgIpc) is 3.17. The number of aromatic nitrogens is 2. The number of anilines is 1. The van der Waals surface area contributed by atoms with Gasteiger partial charge in [0.25, 0.3) is 0 Å². The highest BCUT2D eigenvalue weighted by Gasteiger charge is 2.24. The zero-order valence-corrected chi connectivity index (χ0v) is 15.7. The number of hydrogen-bond donors (Lipinski definition) is 1. The predicted molar refractivity (Wildman–Crippen MR) is 112 cm³/mol. The Labute approximate surface area is 163 Å². The molecule has 1 unspecified atom stereocenters. The van der Waals surface area contributed by atoms with Gasteiger partial charge in [0, 0.05) is 55.7 Å². The number of imidazole rings is 1. The zero-order chi connectivity index (χ0) is 18.2. The van der Waals surface area contributed by atoms with Gasteiger partial charge in [-0.1, -0.05) is 18.3 Å². The molecule has 4 heterocycles. The average molecular weight is 376 g/mol. The molecule has 2 aromatic heterocycles. The van der Waals surface area contributed by atoms with E-state index < -0.39 is 0 Å². The van der Waals surface area contributed by atoms with Crippen LogP contribution in [0.5, 0.6) is 5.75 Å². The molecule has 2 aliphatic rings. The second kappa shape index (κ2) is 6.79. The lowest BCUT2D eigenvalue weighted by molar-refractivity contribution is 0.493. The smallest absolute Gasteiger partial charge is 0.151 e. The van der Waals surface area contributed by atoms with E-state index in [4.69, 9.17) is 17.0 Å². The van der Waals surface area contributed by atoms with Gasteiger partial charge in [0.1, 0.15) is 17.1 Å². The summed E-state index contributed by atoms with van der Waals surface area (Å²) in [6, 6.07) is 12.4. The highest BCUT2D eigenvalue weighted by Crippen LogP contribution is 2.38. The number of hydrogen-bond acceptors (Lipinski definition) is 5. The summed E-state index contributed by atoms with van der Waals surface area (Å²) in [5, 5.41) is 5.20. The summed E-state index contributed by atoms with van der Waals surface area (Å²) in [7, 11) is 0. The molecule has 27 heavy (non-hydrogen) atoms. The van der Waals surface area contributed by atoms with Crippen LogP contribution in [0.15, 0.2) is 54.9 Å². The lowest BCUT2D eigenvalue weighted by Gasteiger charge is -2.31. The van der Waals surface area contributed by atoms with Crippen LogP contribution in [-0.4, -0.2) is 40.9 Å². The van der Waals surface area contributed by atoms with Crippen LogP contribution in [0, 0.1) is 0 Å². The van der Waals surface area contributed by atoms with E-state index in [1.165, 1.54) is 5.69 Å². The number of fused-ring (bicyclic) bond motifs is 2. The van der Waals surface area contributed by atoms with E-state index in [1.807, 2.05) is 35.0 Å². The number of rotatable bonds is 3. The van der Waals surface area contributed by atoms with Crippen LogP contribution >= 0.6 is 12.2 Å². The maximum absolute atomic E-state index is 6.21. The van der Waals surface area contributed by atoms with Crippen molar-refractivity contribution in [1.82, 2.24) is 14.7 Å². The van der Waals surface area contributed by atoms with Crippen molar-refractivity contribution in [2.24, 2.45) is 0 Å². The fraction of sp³-hybridized carbons (Fsp3) is 0.238. The Kier molecular flexibility index (Phi) is 4.14. The second-order valence-electron chi connectivity index (χ2n) is 6.85.